The first-order chi connectivity index (χ1) is 8.79. The quantitative estimate of drug-likeness (QED) is 0.871. The third kappa shape index (κ3) is 2.01. The van der Waals surface area contributed by atoms with Gasteiger partial charge in [-0.2, -0.15) is 0 Å². The van der Waals surface area contributed by atoms with E-state index in [9.17, 15) is 5.11 Å². The minimum atomic E-state index is 0.0885. The Morgan fingerprint density at radius 2 is 2.11 bits per heavy atom. The number of aryl methyl sites for hydroxylation is 1. The van der Waals surface area contributed by atoms with Gasteiger partial charge >= 0.3 is 0 Å². The topological polar surface area (TPSA) is 36.4 Å². The number of pyridine rings is 1. The van der Waals surface area contributed by atoms with Crippen molar-refractivity contribution in [3.05, 3.63) is 23.4 Å². The molecule has 1 aliphatic carbocycles. The molecular weight excluding hydrogens is 224 g/mol. The van der Waals surface area contributed by atoms with Gasteiger partial charge in [0.1, 0.15) is 5.82 Å². The highest BCUT2D eigenvalue weighted by molar-refractivity contribution is 5.43. The fourth-order valence-corrected chi connectivity index (χ4v) is 3.64. The largest absolute Gasteiger partial charge is 0.392 e. The molecule has 3 rings (SSSR count). The lowest BCUT2D eigenvalue weighted by atomic mass is 9.92. The summed E-state index contributed by atoms with van der Waals surface area (Å²) in [6.07, 6.45) is 6.79. The van der Waals surface area contributed by atoms with E-state index in [-0.39, 0.29) is 6.61 Å². The number of fused-ring (bicyclic) bond motifs is 1. The predicted octanol–water partition coefficient (Wildman–Crippen LogP) is 2.65. The Morgan fingerprint density at radius 3 is 2.89 bits per heavy atom. The molecule has 3 heteroatoms. The summed E-state index contributed by atoms with van der Waals surface area (Å²) < 4.78 is 0. The summed E-state index contributed by atoms with van der Waals surface area (Å²) in [5.41, 5.74) is 1.91. The molecule has 1 saturated heterocycles. The lowest BCUT2D eigenvalue weighted by molar-refractivity contribution is 0.280. The maximum atomic E-state index is 9.22. The van der Waals surface area contributed by atoms with Crippen molar-refractivity contribution in [2.24, 2.45) is 5.92 Å². The van der Waals surface area contributed by atoms with Gasteiger partial charge in [0.15, 0.2) is 0 Å². The number of rotatable bonds is 2. The van der Waals surface area contributed by atoms with E-state index in [2.05, 4.69) is 11.0 Å². The van der Waals surface area contributed by atoms with Gasteiger partial charge in [-0.3, -0.25) is 0 Å². The Labute approximate surface area is 109 Å². The number of anilines is 1. The van der Waals surface area contributed by atoms with E-state index in [0.717, 1.165) is 29.5 Å². The van der Waals surface area contributed by atoms with Crippen LogP contribution in [0.2, 0.25) is 0 Å². The van der Waals surface area contributed by atoms with Gasteiger partial charge in [-0.1, -0.05) is 12.5 Å². The van der Waals surface area contributed by atoms with E-state index in [1.54, 1.807) is 0 Å². The first-order valence-electron chi connectivity index (χ1n) is 7.13. The second kappa shape index (κ2) is 4.88. The zero-order valence-corrected chi connectivity index (χ0v) is 11.1. The molecule has 2 heterocycles. The Balaban J connectivity index is 1.87. The van der Waals surface area contributed by atoms with Crippen LogP contribution < -0.4 is 4.90 Å². The Morgan fingerprint density at radius 1 is 1.28 bits per heavy atom. The molecule has 3 nitrogen and oxygen atoms in total. The van der Waals surface area contributed by atoms with Crippen LogP contribution in [0.25, 0.3) is 0 Å². The third-order valence-corrected chi connectivity index (χ3v) is 4.64. The summed E-state index contributed by atoms with van der Waals surface area (Å²) in [4.78, 5) is 7.20. The highest BCUT2D eigenvalue weighted by Crippen LogP contribution is 2.38. The molecule has 0 amide bonds. The van der Waals surface area contributed by atoms with E-state index in [0.29, 0.717) is 6.04 Å². The number of piperidine rings is 1. The molecule has 1 aliphatic heterocycles. The maximum absolute atomic E-state index is 9.22. The van der Waals surface area contributed by atoms with Crippen LogP contribution in [-0.2, 0) is 6.61 Å². The number of aliphatic hydroxyl groups is 1. The number of hydrogen-bond donors (Lipinski definition) is 1. The molecule has 0 aromatic carbocycles. The van der Waals surface area contributed by atoms with Gasteiger partial charge < -0.3 is 10.0 Å². The standard InChI is InChI=1S/C15H22N2O/c1-11-13(10-18)7-8-15(16-11)17-9-3-5-12-4-2-6-14(12)17/h7-8,12,14,18H,2-6,9-10H2,1H3. The molecular formula is C15H22N2O. The average Bonchev–Trinajstić information content (AvgIpc) is 2.86. The predicted molar refractivity (Wildman–Crippen MR) is 72.6 cm³/mol. The normalized spacial score (nSPS) is 27.3. The fourth-order valence-electron chi connectivity index (χ4n) is 3.64. The van der Waals surface area contributed by atoms with Crippen LogP contribution in [0.1, 0.15) is 43.4 Å². The summed E-state index contributed by atoms with van der Waals surface area (Å²) in [5.74, 6) is 2.00. The smallest absolute Gasteiger partial charge is 0.129 e. The van der Waals surface area contributed by atoms with Crippen LogP contribution in [0.15, 0.2) is 12.1 Å². The summed E-state index contributed by atoms with van der Waals surface area (Å²) in [7, 11) is 0. The van der Waals surface area contributed by atoms with Gasteiger partial charge in [0.25, 0.3) is 0 Å². The van der Waals surface area contributed by atoms with Crippen LogP contribution >= 0.6 is 0 Å². The number of hydrogen-bond acceptors (Lipinski definition) is 3. The van der Waals surface area contributed by atoms with E-state index in [1.807, 2.05) is 13.0 Å². The molecule has 2 unspecified atom stereocenters. The summed E-state index contributed by atoms with van der Waals surface area (Å²) in [5, 5.41) is 9.22. The van der Waals surface area contributed by atoms with E-state index in [4.69, 9.17) is 4.98 Å². The Bertz CT molecular complexity index is 433. The van der Waals surface area contributed by atoms with Crippen molar-refractivity contribution in [3.63, 3.8) is 0 Å². The van der Waals surface area contributed by atoms with Crippen molar-refractivity contribution in [2.45, 2.75) is 51.7 Å². The molecule has 0 spiro atoms. The van der Waals surface area contributed by atoms with E-state index < -0.39 is 0 Å². The number of aliphatic hydroxyl groups excluding tert-OH is 1. The lowest BCUT2D eigenvalue weighted by Crippen LogP contribution is -2.43. The molecule has 0 bridgehead atoms. The molecule has 2 aliphatic rings. The summed E-state index contributed by atoms with van der Waals surface area (Å²) >= 11 is 0. The highest BCUT2D eigenvalue weighted by Gasteiger charge is 2.35. The van der Waals surface area contributed by atoms with Crippen molar-refractivity contribution in [1.82, 2.24) is 4.98 Å². The molecule has 1 N–H and O–H groups in total. The second-order valence-corrected chi connectivity index (χ2v) is 5.67. The summed E-state index contributed by atoms with van der Waals surface area (Å²) in [6.45, 7) is 3.22. The zero-order chi connectivity index (χ0) is 12.5. The van der Waals surface area contributed by atoms with Crippen LogP contribution in [0.3, 0.4) is 0 Å². The number of aromatic nitrogens is 1. The molecule has 1 saturated carbocycles. The van der Waals surface area contributed by atoms with E-state index >= 15 is 0 Å². The second-order valence-electron chi connectivity index (χ2n) is 5.67. The van der Waals surface area contributed by atoms with E-state index in [1.165, 1.54) is 32.1 Å². The van der Waals surface area contributed by atoms with Gasteiger partial charge in [0.2, 0.25) is 0 Å². The van der Waals surface area contributed by atoms with Crippen molar-refractivity contribution in [2.75, 3.05) is 11.4 Å². The SMILES string of the molecule is Cc1nc(N2CCCC3CCCC32)ccc1CO. The molecule has 18 heavy (non-hydrogen) atoms. The third-order valence-electron chi connectivity index (χ3n) is 4.64. The lowest BCUT2D eigenvalue weighted by Gasteiger charge is -2.38. The van der Waals surface area contributed by atoms with Gasteiger partial charge in [0, 0.05) is 18.3 Å². The molecule has 1 aromatic heterocycles. The molecule has 98 valence electrons. The van der Waals surface area contributed by atoms with Crippen molar-refractivity contribution in [1.29, 1.82) is 0 Å². The highest BCUT2D eigenvalue weighted by atomic mass is 16.3. The molecule has 2 atom stereocenters. The molecule has 2 fully saturated rings. The van der Waals surface area contributed by atoms with Crippen molar-refractivity contribution in [3.8, 4) is 0 Å². The van der Waals surface area contributed by atoms with Gasteiger partial charge in [-0.05, 0) is 50.2 Å². The molecule has 0 radical (unpaired) electrons. The minimum Gasteiger partial charge on any atom is -0.392 e. The van der Waals surface area contributed by atoms with Gasteiger partial charge in [0.05, 0.1) is 6.61 Å². The van der Waals surface area contributed by atoms with Crippen molar-refractivity contribution >= 4 is 5.82 Å². The average molecular weight is 246 g/mol. The minimum absolute atomic E-state index is 0.0885. The van der Waals surface area contributed by atoms with Gasteiger partial charge in [-0.25, -0.2) is 4.98 Å². The fraction of sp³-hybridized carbons (Fsp3) is 0.667. The Kier molecular flexibility index (Phi) is 3.25. The molecule has 1 aromatic rings. The van der Waals surface area contributed by atoms with Crippen LogP contribution in [0.5, 0.6) is 0 Å². The van der Waals surface area contributed by atoms with Crippen LogP contribution in [-0.4, -0.2) is 22.7 Å². The first-order valence-corrected chi connectivity index (χ1v) is 7.13. The number of nitrogens with zero attached hydrogens (tertiary/aromatic N) is 2. The van der Waals surface area contributed by atoms with Crippen LogP contribution in [0, 0.1) is 12.8 Å². The zero-order valence-electron chi connectivity index (χ0n) is 11.1. The maximum Gasteiger partial charge on any atom is 0.129 e. The van der Waals surface area contributed by atoms with Crippen LogP contribution in [0.4, 0.5) is 5.82 Å². The Hall–Kier alpha value is -1.09. The first kappa shape index (κ1) is 12.0. The van der Waals surface area contributed by atoms with Crippen molar-refractivity contribution < 1.29 is 5.11 Å². The monoisotopic (exact) mass is 246 g/mol. The summed E-state index contributed by atoms with van der Waals surface area (Å²) in [6, 6.07) is 4.82. The van der Waals surface area contributed by atoms with Gasteiger partial charge in [-0.15, -0.1) is 0 Å².